The lowest BCUT2D eigenvalue weighted by atomic mass is 10.1. The molecule has 1 aliphatic heterocycles. The number of Topliss-reactive ketones (excluding diaryl/α,β-unsaturated/α-hetero) is 1. The summed E-state index contributed by atoms with van der Waals surface area (Å²) in [6, 6.07) is 12.4. The molecule has 0 N–H and O–H groups in total. The summed E-state index contributed by atoms with van der Waals surface area (Å²) < 4.78 is 30.3. The van der Waals surface area contributed by atoms with Gasteiger partial charge in [-0.05, 0) is 30.7 Å². The van der Waals surface area contributed by atoms with Crippen molar-refractivity contribution in [1.82, 2.24) is 0 Å². The fourth-order valence-corrected chi connectivity index (χ4v) is 3.52. The Morgan fingerprint density at radius 1 is 1.14 bits per heavy atom. The van der Waals surface area contributed by atoms with Gasteiger partial charge >= 0.3 is 5.97 Å². The van der Waals surface area contributed by atoms with Crippen LogP contribution in [0.3, 0.4) is 0 Å². The van der Waals surface area contributed by atoms with Crippen molar-refractivity contribution in [1.29, 1.82) is 0 Å². The predicted molar refractivity (Wildman–Crippen MR) is 101 cm³/mol. The molecular weight excluding hydrogens is 388 g/mol. The zero-order chi connectivity index (χ0) is 20.1. The minimum absolute atomic E-state index is 0.00386. The van der Waals surface area contributed by atoms with Crippen LogP contribution in [0.25, 0.3) is 0 Å². The second-order valence-electron chi connectivity index (χ2n) is 6.07. The molecule has 1 aliphatic rings. The molecule has 8 heteroatoms. The second kappa shape index (κ2) is 8.97. The normalized spacial score (nSPS) is 13.8. The Morgan fingerprint density at radius 3 is 2.64 bits per heavy atom. The van der Waals surface area contributed by atoms with Gasteiger partial charge in [0.25, 0.3) is 5.76 Å². The van der Waals surface area contributed by atoms with E-state index in [0.29, 0.717) is 24.2 Å². The van der Waals surface area contributed by atoms with Crippen LogP contribution in [0, 0.1) is 0 Å². The van der Waals surface area contributed by atoms with Crippen LogP contribution >= 0.6 is 11.8 Å². The molecule has 0 bridgehead atoms. The van der Waals surface area contributed by atoms with Crippen molar-refractivity contribution in [3.05, 3.63) is 59.7 Å². The monoisotopic (exact) mass is 405 g/mol. The zero-order valence-electron chi connectivity index (χ0n) is 14.8. The lowest BCUT2D eigenvalue weighted by Gasteiger charge is -2.16. The average molecular weight is 405 g/mol. The SMILES string of the molecule is O=C(COC(=O)c1ccccc1SC(F)F)c1cccc(N2CCCC2=O)c1. The highest BCUT2D eigenvalue weighted by Gasteiger charge is 2.23. The molecule has 5 nitrogen and oxygen atoms in total. The first-order chi connectivity index (χ1) is 13.5. The molecule has 0 aromatic heterocycles. The van der Waals surface area contributed by atoms with E-state index in [1.807, 2.05) is 0 Å². The number of nitrogens with zero attached hydrogens (tertiary/aromatic N) is 1. The molecule has 28 heavy (non-hydrogen) atoms. The van der Waals surface area contributed by atoms with Gasteiger partial charge in [0.15, 0.2) is 12.4 Å². The van der Waals surface area contributed by atoms with Crippen molar-refractivity contribution in [2.45, 2.75) is 23.5 Å². The molecule has 0 atom stereocenters. The number of ether oxygens (including phenoxy) is 1. The van der Waals surface area contributed by atoms with Gasteiger partial charge in [-0.3, -0.25) is 9.59 Å². The maximum absolute atomic E-state index is 12.6. The van der Waals surface area contributed by atoms with Gasteiger partial charge in [-0.2, -0.15) is 8.78 Å². The van der Waals surface area contributed by atoms with Gasteiger partial charge in [-0.15, -0.1) is 0 Å². The number of amides is 1. The van der Waals surface area contributed by atoms with Gasteiger partial charge < -0.3 is 9.64 Å². The van der Waals surface area contributed by atoms with Crippen LogP contribution in [0.15, 0.2) is 53.4 Å². The summed E-state index contributed by atoms with van der Waals surface area (Å²) in [5, 5.41) is 0. The van der Waals surface area contributed by atoms with E-state index in [0.717, 1.165) is 6.42 Å². The maximum Gasteiger partial charge on any atom is 0.339 e. The fourth-order valence-electron chi connectivity index (χ4n) is 2.89. The molecule has 0 radical (unpaired) electrons. The zero-order valence-corrected chi connectivity index (χ0v) is 15.6. The Labute approximate surface area is 164 Å². The smallest absolute Gasteiger partial charge is 0.339 e. The molecule has 0 unspecified atom stereocenters. The number of hydrogen-bond donors (Lipinski definition) is 0. The van der Waals surface area contributed by atoms with E-state index < -0.39 is 24.1 Å². The van der Waals surface area contributed by atoms with Crippen molar-refractivity contribution < 1.29 is 27.9 Å². The molecule has 0 saturated carbocycles. The van der Waals surface area contributed by atoms with Crippen LogP contribution in [0.5, 0.6) is 0 Å². The topological polar surface area (TPSA) is 63.7 Å². The highest BCUT2D eigenvalue weighted by atomic mass is 32.2. The van der Waals surface area contributed by atoms with Gasteiger partial charge in [0, 0.05) is 29.1 Å². The summed E-state index contributed by atoms with van der Waals surface area (Å²) in [7, 11) is 0. The quantitative estimate of drug-likeness (QED) is 0.393. The number of ketones is 1. The minimum Gasteiger partial charge on any atom is -0.454 e. The molecule has 3 rings (SSSR count). The third kappa shape index (κ3) is 4.75. The van der Waals surface area contributed by atoms with E-state index in [1.54, 1.807) is 29.2 Å². The number of anilines is 1. The van der Waals surface area contributed by atoms with E-state index in [9.17, 15) is 23.2 Å². The van der Waals surface area contributed by atoms with Crippen LogP contribution in [0.4, 0.5) is 14.5 Å². The number of thioether (sulfide) groups is 1. The summed E-state index contributed by atoms with van der Waals surface area (Å²) in [6.45, 7) is 0.0773. The van der Waals surface area contributed by atoms with Crippen LogP contribution in [0.1, 0.15) is 33.6 Å². The average Bonchev–Trinajstić information content (AvgIpc) is 3.12. The summed E-state index contributed by atoms with van der Waals surface area (Å²) in [5.41, 5.74) is 0.913. The number of halogens is 2. The first kappa shape index (κ1) is 20.0. The van der Waals surface area contributed by atoms with E-state index in [2.05, 4.69) is 0 Å². The molecule has 1 heterocycles. The largest absolute Gasteiger partial charge is 0.454 e. The van der Waals surface area contributed by atoms with Crippen molar-refractivity contribution in [3.8, 4) is 0 Å². The van der Waals surface area contributed by atoms with Crippen molar-refractivity contribution in [2.24, 2.45) is 0 Å². The summed E-state index contributed by atoms with van der Waals surface area (Å²) >= 11 is 0.244. The Bertz CT molecular complexity index is 903. The third-order valence-corrected chi connectivity index (χ3v) is 5.00. The van der Waals surface area contributed by atoms with Crippen molar-refractivity contribution >= 4 is 35.1 Å². The molecule has 2 aromatic rings. The molecule has 1 amide bonds. The number of alkyl halides is 2. The van der Waals surface area contributed by atoms with Crippen molar-refractivity contribution in [3.63, 3.8) is 0 Å². The first-order valence-electron chi connectivity index (χ1n) is 8.60. The Hall–Kier alpha value is -2.74. The Balaban J connectivity index is 1.66. The van der Waals surface area contributed by atoms with Gasteiger partial charge in [-0.25, -0.2) is 4.79 Å². The van der Waals surface area contributed by atoms with Crippen LogP contribution < -0.4 is 4.90 Å². The minimum atomic E-state index is -2.67. The molecule has 2 aromatic carbocycles. The molecular formula is C20H17F2NO4S. The molecule has 1 saturated heterocycles. The third-order valence-electron chi connectivity index (χ3n) is 4.21. The van der Waals surface area contributed by atoms with E-state index in [4.69, 9.17) is 4.74 Å². The lowest BCUT2D eigenvalue weighted by molar-refractivity contribution is -0.117. The van der Waals surface area contributed by atoms with Crippen LogP contribution in [0.2, 0.25) is 0 Å². The second-order valence-corrected chi connectivity index (χ2v) is 7.11. The van der Waals surface area contributed by atoms with Gasteiger partial charge in [0.1, 0.15) is 0 Å². The number of benzene rings is 2. The van der Waals surface area contributed by atoms with Crippen molar-refractivity contribution in [2.75, 3.05) is 18.1 Å². The number of hydrogen-bond acceptors (Lipinski definition) is 5. The number of carbonyl (C=O) groups excluding carboxylic acids is 3. The number of esters is 1. The number of carbonyl (C=O) groups is 3. The molecule has 146 valence electrons. The molecule has 0 spiro atoms. The Kier molecular flexibility index (Phi) is 6.41. The fraction of sp³-hybridized carbons (Fsp3) is 0.250. The summed E-state index contributed by atoms with van der Waals surface area (Å²) in [4.78, 5) is 38.2. The summed E-state index contributed by atoms with van der Waals surface area (Å²) in [6.07, 6.45) is 1.25. The van der Waals surface area contributed by atoms with E-state index in [-0.39, 0.29) is 28.1 Å². The number of rotatable bonds is 7. The highest BCUT2D eigenvalue weighted by molar-refractivity contribution is 7.99. The van der Waals surface area contributed by atoms with Gasteiger partial charge in [0.05, 0.1) is 5.56 Å². The first-order valence-corrected chi connectivity index (χ1v) is 9.48. The standard InChI is InChI=1S/C20H17F2NO4S/c21-20(22)28-17-8-2-1-7-15(17)19(26)27-12-16(24)13-5-3-6-14(11-13)23-10-4-9-18(23)25/h1-3,5-8,11,20H,4,9-10,12H2. The van der Waals surface area contributed by atoms with Gasteiger partial charge in [0.2, 0.25) is 5.91 Å². The maximum atomic E-state index is 12.6. The van der Waals surface area contributed by atoms with Crippen LogP contribution in [-0.2, 0) is 9.53 Å². The lowest BCUT2D eigenvalue weighted by Crippen LogP contribution is -2.24. The Morgan fingerprint density at radius 2 is 1.93 bits per heavy atom. The van der Waals surface area contributed by atoms with E-state index in [1.165, 1.54) is 24.3 Å². The summed E-state index contributed by atoms with van der Waals surface area (Å²) in [5.74, 6) is -3.96. The van der Waals surface area contributed by atoms with Gasteiger partial charge in [-0.1, -0.05) is 36.0 Å². The van der Waals surface area contributed by atoms with E-state index >= 15 is 0 Å². The van der Waals surface area contributed by atoms with Crippen LogP contribution in [-0.4, -0.2) is 36.6 Å². The predicted octanol–water partition coefficient (Wildman–Crippen LogP) is 4.17. The molecule has 1 fully saturated rings. The molecule has 0 aliphatic carbocycles. The highest BCUT2D eigenvalue weighted by Crippen LogP contribution is 2.29.